The van der Waals surface area contributed by atoms with Crippen LogP contribution in [0.2, 0.25) is 0 Å². The number of aldehydes is 1. The monoisotopic (exact) mass is 556 g/mol. The van der Waals surface area contributed by atoms with E-state index in [1.165, 1.54) is 39.0 Å². The highest BCUT2D eigenvalue weighted by molar-refractivity contribution is 5.97. The van der Waals surface area contributed by atoms with E-state index in [1.807, 2.05) is 6.08 Å². The highest BCUT2D eigenvalue weighted by atomic mass is 16.6. The number of ketones is 1. The Morgan fingerprint density at radius 1 is 1.00 bits per heavy atom. The Kier molecular flexibility index (Phi) is 8.53. The number of hydrogen-bond donors (Lipinski definition) is 0. The third kappa shape index (κ3) is 4.79. The van der Waals surface area contributed by atoms with Gasteiger partial charge in [0.15, 0.2) is 5.78 Å². The first-order chi connectivity index (χ1) is 18.7. The van der Waals surface area contributed by atoms with E-state index < -0.39 is 29.5 Å². The summed E-state index contributed by atoms with van der Waals surface area (Å²) in [5, 5.41) is 0. The Morgan fingerprint density at radius 2 is 1.68 bits per heavy atom. The number of esters is 2. The van der Waals surface area contributed by atoms with Gasteiger partial charge in [-0.1, -0.05) is 60.5 Å². The van der Waals surface area contributed by atoms with Crippen molar-refractivity contribution in [3.63, 3.8) is 0 Å². The van der Waals surface area contributed by atoms with E-state index in [2.05, 4.69) is 34.6 Å². The van der Waals surface area contributed by atoms with Crippen LogP contribution in [0.5, 0.6) is 0 Å². The largest absolute Gasteiger partial charge is 0.462 e. The van der Waals surface area contributed by atoms with Crippen LogP contribution in [0, 0.1) is 45.3 Å². The number of Topliss-reactive ketones (excluding diaryl/α,β-unsaturated/α-hetero) is 1. The molecule has 10 atom stereocenters. The summed E-state index contributed by atoms with van der Waals surface area (Å²) in [7, 11) is 0. The van der Waals surface area contributed by atoms with Gasteiger partial charge in [0.1, 0.15) is 18.5 Å². The van der Waals surface area contributed by atoms with E-state index >= 15 is 0 Å². The van der Waals surface area contributed by atoms with Crippen molar-refractivity contribution in [2.75, 3.05) is 0 Å². The third-order valence-electron chi connectivity index (χ3n) is 12.6. The minimum absolute atomic E-state index is 0.0279. The average Bonchev–Trinajstić information content (AvgIpc) is 2.88. The summed E-state index contributed by atoms with van der Waals surface area (Å²) in [5.41, 5.74) is 0.261. The molecule has 0 saturated heterocycles. The van der Waals surface area contributed by atoms with E-state index in [4.69, 9.17) is 9.47 Å². The molecule has 0 spiro atoms. The Labute approximate surface area is 241 Å². The van der Waals surface area contributed by atoms with Crippen LogP contribution < -0.4 is 0 Å². The van der Waals surface area contributed by atoms with Crippen LogP contribution in [-0.2, 0) is 28.7 Å². The van der Waals surface area contributed by atoms with Crippen LogP contribution in [-0.4, -0.2) is 36.2 Å². The fraction of sp³-hybridized carbons (Fsp3) is 0.824. The predicted molar refractivity (Wildman–Crippen MR) is 154 cm³/mol. The Morgan fingerprint density at radius 3 is 2.27 bits per heavy atom. The first-order valence-corrected chi connectivity index (χ1v) is 15.8. The van der Waals surface area contributed by atoms with Gasteiger partial charge in [-0.05, 0) is 86.4 Å². The number of fused-ring (bicyclic) bond motifs is 5. The SMILES string of the molecule is CCC(=O)O[C@H](C)CC(=O)O[C@H]1C[C@@H]2[C@@]3(C)CCC[C@](C)(CC)[C@@H]3CC[C@@]2(C)[C@@H]2CC=C(C(C)=O)[C@H](C=O)[C@@]12C. The molecule has 0 aliphatic heterocycles. The zero-order chi connectivity index (χ0) is 29.7. The molecule has 0 N–H and O–H groups in total. The molecule has 0 unspecified atom stereocenters. The average molecular weight is 557 g/mol. The summed E-state index contributed by atoms with van der Waals surface area (Å²) in [6, 6.07) is 0. The summed E-state index contributed by atoms with van der Waals surface area (Å²) < 4.78 is 11.7. The van der Waals surface area contributed by atoms with Gasteiger partial charge in [0.25, 0.3) is 0 Å². The highest BCUT2D eigenvalue weighted by Gasteiger charge is 2.69. The van der Waals surface area contributed by atoms with Crippen molar-refractivity contribution < 1.29 is 28.7 Å². The highest BCUT2D eigenvalue weighted by Crippen LogP contribution is 2.73. The fourth-order valence-corrected chi connectivity index (χ4v) is 10.5. The first-order valence-electron chi connectivity index (χ1n) is 15.8. The molecule has 3 saturated carbocycles. The van der Waals surface area contributed by atoms with Gasteiger partial charge in [-0.25, -0.2) is 0 Å². The van der Waals surface area contributed by atoms with Crippen LogP contribution >= 0.6 is 0 Å². The van der Waals surface area contributed by atoms with E-state index in [1.54, 1.807) is 13.8 Å². The van der Waals surface area contributed by atoms with Crippen LogP contribution in [0.15, 0.2) is 11.6 Å². The summed E-state index contributed by atoms with van der Waals surface area (Å²) in [5.74, 6) is -0.396. The van der Waals surface area contributed by atoms with Crippen molar-refractivity contribution in [1.82, 2.24) is 0 Å². The van der Waals surface area contributed by atoms with Crippen LogP contribution in [0.1, 0.15) is 120 Å². The minimum Gasteiger partial charge on any atom is -0.462 e. The van der Waals surface area contributed by atoms with E-state index in [0.717, 1.165) is 12.7 Å². The summed E-state index contributed by atoms with van der Waals surface area (Å²) >= 11 is 0. The Bertz CT molecular complexity index is 1060. The molecule has 0 amide bonds. The molecule has 0 aromatic heterocycles. The molecule has 0 bridgehead atoms. The lowest BCUT2D eigenvalue weighted by Crippen LogP contribution is -2.67. The molecule has 0 aromatic rings. The van der Waals surface area contributed by atoms with Gasteiger partial charge in [-0.15, -0.1) is 0 Å². The Hall–Kier alpha value is -1.98. The lowest BCUT2D eigenvalue weighted by atomic mass is 9.34. The number of allylic oxidation sites excluding steroid dienone is 2. The number of carbonyl (C=O) groups excluding carboxylic acids is 4. The summed E-state index contributed by atoms with van der Waals surface area (Å²) in [6.07, 6.45) is 10.6. The van der Waals surface area contributed by atoms with Crippen molar-refractivity contribution in [3.05, 3.63) is 11.6 Å². The van der Waals surface area contributed by atoms with Gasteiger partial charge in [0.2, 0.25) is 0 Å². The number of carbonyl (C=O) groups is 4. The molecule has 6 heteroatoms. The third-order valence-corrected chi connectivity index (χ3v) is 12.6. The molecule has 0 aromatic carbocycles. The quantitative estimate of drug-likeness (QED) is 0.236. The maximum atomic E-state index is 13.4. The van der Waals surface area contributed by atoms with Gasteiger partial charge in [-0.2, -0.15) is 0 Å². The minimum atomic E-state index is -0.687. The second-order valence-electron chi connectivity index (χ2n) is 14.6. The van der Waals surface area contributed by atoms with Crippen molar-refractivity contribution in [2.24, 2.45) is 45.3 Å². The molecular weight excluding hydrogens is 504 g/mol. The molecule has 4 rings (SSSR count). The van der Waals surface area contributed by atoms with Gasteiger partial charge >= 0.3 is 11.9 Å². The molecule has 224 valence electrons. The van der Waals surface area contributed by atoms with Crippen molar-refractivity contribution >= 4 is 24.0 Å². The first kappa shape index (κ1) is 31.0. The molecule has 4 aliphatic carbocycles. The molecule has 0 heterocycles. The topological polar surface area (TPSA) is 86.7 Å². The summed E-state index contributed by atoms with van der Waals surface area (Å²) in [6.45, 7) is 16.8. The number of hydrogen-bond acceptors (Lipinski definition) is 6. The predicted octanol–water partition coefficient (Wildman–Crippen LogP) is 7.03. The molecule has 0 radical (unpaired) electrons. The van der Waals surface area contributed by atoms with E-state index in [-0.39, 0.29) is 41.3 Å². The molecular formula is C34H52O6. The zero-order valence-electron chi connectivity index (χ0n) is 26.1. The van der Waals surface area contributed by atoms with E-state index in [9.17, 15) is 19.2 Å². The lowest BCUT2D eigenvalue weighted by Gasteiger charge is -2.70. The zero-order valence-corrected chi connectivity index (χ0v) is 26.1. The standard InChI is InChI=1S/C34H52O6/c1-9-29(37)39-21(3)18-30(38)40-28-19-27-32(6)16-11-15-31(5,10-2)25(32)14-17-33(27,7)26-13-12-23(22(4)36)24(20-35)34(26,28)8/h12,20-21,24-28H,9-11,13-19H2,1-8H3/t21-,24+,25+,26+,27-,28+,31+,32+,33+,34-/m1/s1. The van der Waals surface area contributed by atoms with Crippen molar-refractivity contribution in [2.45, 2.75) is 132 Å². The van der Waals surface area contributed by atoms with Crippen LogP contribution in [0.3, 0.4) is 0 Å². The molecule has 40 heavy (non-hydrogen) atoms. The fourth-order valence-electron chi connectivity index (χ4n) is 10.5. The van der Waals surface area contributed by atoms with Crippen molar-refractivity contribution in [3.8, 4) is 0 Å². The second-order valence-corrected chi connectivity index (χ2v) is 14.6. The van der Waals surface area contributed by atoms with Crippen molar-refractivity contribution in [1.29, 1.82) is 0 Å². The Balaban J connectivity index is 1.76. The maximum Gasteiger partial charge on any atom is 0.309 e. The molecule has 4 aliphatic rings. The molecule has 3 fully saturated rings. The molecule has 6 nitrogen and oxygen atoms in total. The second kappa shape index (κ2) is 11.0. The smallest absolute Gasteiger partial charge is 0.309 e. The summed E-state index contributed by atoms with van der Waals surface area (Å²) in [4.78, 5) is 50.7. The van der Waals surface area contributed by atoms with Crippen LogP contribution in [0.25, 0.3) is 0 Å². The van der Waals surface area contributed by atoms with E-state index in [0.29, 0.717) is 35.7 Å². The van der Waals surface area contributed by atoms with Crippen LogP contribution in [0.4, 0.5) is 0 Å². The lowest BCUT2D eigenvalue weighted by molar-refractivity contribution is -0.240. The number of rotatable bonds is 8. The van der Waals surface area contributed by atoms with Gasteiger partial charge in [0, 0.05) is 17.4 Å². The van der Waals surface area contributed by atoms with Gasteiger partial charge < -0.3 is 14.3 Å². The van der Waals surface area contributed by atoms with Gasteiger partial charge in [0.05, 0.1) is 12.3 Å². The normalized spacial score (nSPS) is 43.2. The maximum absolute atomic E-state index is 13.4. The number of ether oxygens (including phenoxy) is 2. The van der Waals surface area contributed by atoms with Gasteiger partial charge in [-0.3, -0.25) is 14.4 Å².